The molecule has 2 aromatic carbocycles. The van der Waals surface area contributed by atoms with E-state index < -0.39 is 10.0 Å². The Labute approximate surface area is 186 Å². The minimum absolute atomic E-state index is 0.00216. The van der Waals surface area contributed by atoms with Crippen LogP contribution < -0.4 is 5.32 Å². The third-order valence-electron chi connectivity index (χ3n) is 6.20. The topological polar surface area (TPSA) is 66.5 Å². The largest absolute Gasteiger partial charge is 0.349 e. The fraction of sp³-hybridized carbons (Fsp3) is 0.480. The summed E-state index contributed by atoms with van der Waals surface area (Å²) in [5.74, 6) is -0.163. The first-order chi connectivity index (χ1) is 14.5. The van der Waals surface area contributed by atoms with Gasteiger partial charge in [0.25, 0.3) is 0 Å². The van der Waals surface area contributed by atoms with Gasteiger partial charge in [-0.2, -0.15) is 4.31 Å². The molecule has 168 valence electrons. The second kappa shape index (κ2) is 9.13. The van der Waals surface area contributed by atoms with Crippen LogP contribution in [0.1, 0.15) is 63.3 Å². The first-order valence-electron chi connectivity index (χ1n) is 11.0. The molecule has 5 nitrogen and oxygen atoms in total. The summed E-state index contributed by atoms with van der Waals surface area (Å²) in [6.07, 6.45) is 1.07. The van der Waals surface area contributed by atoms with Gasteiger partial charge in [0, 0.05) is 19.0 Å². The highest BCUT2D eigenvalue weighted by molar-refractivity contribution is 7.89. The smallest absolute Gasteiger partial charge is 0.243 e. The monoisotopic (exact) mass is 442 g/mol. The first kappa shape index (κ1) is 23.5. The number of piperidine rings is 1. The average Bonchev–Trinajstić information content (AvgIpc) is 2.73. The van der Waals surface area contributed by atoms with E-state index in [2.05, 4.69) is 26.1 Å². The number of nitrogens with one attached hydrogen (secondary N) is 1. The van der Waals surface area contributed by atoms with E-state index in [1.165, 1.54) is 4.31 Å². The van der Waals surface area contributed by atoms with Crippen LogP contribution in [-0.2, 0) is 20.2 Å². The van der Waals surface area contributed by atoms with E-state index in [-0.39, 0.29) is 23.3 Å². The molecule has 1 atom stereocenters. The van der Waals surface area contributed by atoms with Gasteiger partial charge in [0.1, 0.15) is 0 Å². The fourth-order valence-corrected chi connectivity index (χ4v) is 5.59. The van der Waals surface area contributed by atoms with Crippen molar-refractivity contribution in [1.29, 1.82) is 0 Å². The van der Waals surface area contributed by atoms with Crippen LogP contribution in [0.5, 0.6) is 0 Å². The lowest BCUT2D eigenvalue weighted by Crippen LogP contribution is -2.43. The lowest BCUT2D eigenvalue weighted by Gasteiger charge is -2.31. The fourth-order valence-electron chi connectivity index (χ4n) is 4.12. The van der Waals surface area contributed by atoms with Gasteiger partial charge in [-0.15, -0.1) is 0 Å². The molecule has 1 N–H and O–H groups in total. The Bertz CT molecular complexity index is 1020. The van der Waals surface area contributed by atoms with E-state index in [0.29, 0.717) is 30.8 Å². The van der Waals surface area contributed by atoms with Crippen molar-refractivity contribution in [3.8, 4) is 0 Å². The van der Waals surface area contributed by atoms with Gasteiger partial charge in [0.15, 0.2) is 0 Å². The van der Waals surface area contributed by atoms with Crippen molar-refractivity contribution in [3.05, 3.63) is 65.2 Å². The predicted octanol–water partition coefficient (Wildman–Crippen LogP) is 4.57. The molecule has 31 heavy (non-hydrogen) atoms. The normalized spacial score (nSPS) is 17.3. The number of benzene rings is 2. The Hall–Kier alpha value is -2.18. The predicted molar refractivity (Wildman–Crippen MR) is 124 cm³/mol. The van der Waals surface area contributed by atoms with Gasteiger partial charge in [-0.1, -0.05) is 57.2 Å². The summed E-state index contributed by atoms with van der Waals surface area (Å²) in [7, 11) is -3.54. The maximum Gasteiger partial charge on any atom is 0.243 e. The Morgan fingerprint density at radius 1 is 1.03 bits per heavy atom. The van der Waals surface area contributed by atoms with Gasteiger partial charge in [-0.3, -0.25) is 4.79 Å². The van der Waals surface area contributed by atoms with Gasteiger partial charge >= 0.3 is 0 Å². The number of hydrogen-bond acceptors (Lipinski definition) is 3. The van der Waals surface area contributed by atoms with Crippen LogP contribution in [0.25, 0.3) is 0 Å². The number of aryl methyl sites for hydroxylation is 1. The van der Waals surface area contributed by atoms with Crippen molar-refractivity contribution in [2.75, 3.05) is 13.1 Å². The number of carbonyl (C=O) groups is 1. The minimum atomic E-state index is -3.54. The zero-order valence-corrected chi connectivity index (χ0v) is 20.0. The molecule has 1 amide bonds. The van der Waals surface area contributed by atoms with Crippen LogP contribution in [0, 0.1) is 12.8 Å². The number of hydrogen-bond donors (Lipinski definition) is 1. The molecule has 1 fully saturated rings. The highest BCUT2D eigenvalue weighted by Crippen LogP contribution is 2.28. The Balaban J connectivity index is 1.60. The molecule has 1 unspecified atom stereocenters. The van der Waals surface area contributed by atoms with Gasteiger partial charge in [0.05, 0.1) is 10.9 Å². The summed E-state index contributed by atoms with van der Waals surface area (Å²) in [5.41, 5.74) is 3.33. The lowest BCUT2D eigenvalue weighted by molar-refractivity contribution is -0.126. The summed E-state index contributed by atoms with van der Waals surface area (Å²) in [6, 6.07) is 15.1. The van der Waals surface area contributed by atoms with E-state index in [9.17, 15) is 13.2 Å². The molecule has 0 saturated carbocycles. The van der Waals surface area contributed by atoms with Crippen LogP contribution in [0.2, 0.25) is 0 Å². The first-order valence-corrected chi connectivity index (χ1v) is 12.4. The van der Waals surface area contributed by atoms with E-state index in [1.807, 2.05) is 50.2 Å². The van der Waals surface area contributed by atoms with Crippen molar-refractivity contribution in [2.45, 2.75) is 63.8 Å². The van der Waals surface area contributed by atoms with Crippen LogP contribution in [0.15, 0.2) is 53.4 Å². The molecular formula is C25H34N2O3S. The number of carbonyl (C=O) groups excluding carboxylic acids is 1. The lowest BCUT2D eigenvalue weighted by atomic mass is 9.87. The third kappa shape index (κ3) is 5.36. The maximum atomic E-state index is 13.1. The summed E-state index contributed by atoms with van der Waals surface area (Å²) in [4.78, 5) is 13.1. The molecule has 2 aromatic rings. The van der Waals surface area contributed by atoms with E-state index in [0.717, 1.165) is 16.7 Å². The second-order valence-electron chi connectivity index (χ2n) is 9.54. The molecule has 1 heterocycles. The summed E-state index contributed by atoms with van der Waals surface area (Å²) >= 11 is 0. The highest BCUT2D eigenvalue weighted by atomic mass is 32.2. The van der Waals surface area contributed by atoms with Gasteiger partial charge in [-0.25, -0.2) is 8.42 Å². The third-order valence-corrected chi connectivity index (χ3v) is 8.11. The highest BCUT2D eigenvalue weighted by Gasteiger charge is 2.32. The zero-order valence-electron chi connectivity index (χ0n) is 19.2. The molecule has 3 rings (SSSR count). The molecule has 0 aromatic heterocycles. The summed E-state index contributed by atoms with van der Waals surface area (Å²) < 4.78 is 27.6. The molecule has 0 aliphatic carbocycles. The van der Waals surface area contributed by atoms with Crippen molar-refractivity contribution in [2.24, 2.45) is 5.92 Å². The van der Waals surface area contributed by atoms with Gasteiger partial charge in [-0.05, 0) is 60.9 Å². The number of sulfonamides is 1. The molecule has 0 bridgehead atoms. The Morgan fingerprint density at radius 3 is 2.16 bits per heavy atom. The maximum absolute atomic E-state index is 13.1. The number of rotatable bonds is 5. The Morgan fingerprint density at radius 2 is 1.61 bits per heavy atom. The Kier molecular flexibility index (Phi) is 6.92. The summed E-state index contributed by atoms with van der Waals surface area (Å²) in [6.45, 7) is 11.1. The molecular weight excluding hydrogens is 408 g/mol. The molecule has 0 spiro atoms. The quantitative estimate of drug-likeness (QED) is 0.738. The standard InChI is InChI=1S/C25H34N2O3S/c1-18-8-6-7-9-23(18)19(2)26-24(28)20-14-16-27(17-15-20)31(29,30)22-12-10-21(11-13-22)25(3,4)5/h6-13,19-20H,14-17H2,1-5H3,(H,26,28). The number of amides is 1. The van der Waals surface area contributed by atoms with E-state index in [1.54, 1.807) is 12.1 Å². The molecule has 0 radical (unpaired) electrons. The second-order valence-corrected chi connectivity index (χ2v) is 11.5. The van der Waals surface area contributed by atoms with E-state index in [4.69, 9.17) is 0 Å². The van der Waals surface area contributed by atoms with Gasteiger partial charge in [0.2, 0.25) is 15.9 Å². The van der Waals surface area contributed by atoms with Crippen molar-refractivity contribution in [3.63, 3.8) is 0 Å². The average molecular weight is 443 g/mol. The van der Waals surface area contributed by atoms with Crippen molar-refractivity contribution >= 4 is 15.9 Å². The van der Waals surface area contributed by atoms with Gasteiger partial charge < -0.3 is 5.32 Å². The van der Waals surface area contributed by atoms with E-state index >= 15 is 0 Å². The van der Waals surface area contributed by atoms with Crippen LogP contribution in [0.4, 0.5) is 0 Å². The van der Waals surface area contributed by atoms with Crippen molar-refractivity contribution in [1.82, 2.24) is 9.62 Å². The summed E-state index contributed by atoms with van der Waals surface area (Å²) in [5, 5.41) is 3.11. The minimum Gasteiger partial charge on any atom is -0.349 e. The van der Waals surface area contributed by atoms with Crippen LogP contribution >= 0.6 is 0 Å². The zero-order chi connectivity index (χ0) is 22.8. The number of nitrogens with zero attached hydrogens (tertiary/aromatic N) is 1. The SMILES string of the molecule is Cc1ccccc1C(C)NC(=O)C1CCN(S(=O)(=O)c2ccc(C(C)(C)C)cc2)CC1. The van der Waals surface area contributed by atoms with Crippen molar-refractivity contribution < 1.29 is 13.2 Å². The molecule has 1 aliphatic heterocycles. The molecule has 1 aliphatic rings. The van der Waals surface area contributed by atoms with Crippen LogP contribution in [-0.4, -0.2) is 31.7 Å². The molecule has 1 saturated heterocycles. The van der Waals surface area contributed by atoms with Crippen LogP contribution in [0.3, 0.4) is 0 Å². The molecule has 6 heteroatoms.